The SMILES string of the molecule is CC1NCCC1C(=O)N1CCC1C(N)=O. The lowest BCUT2D eigenvalue weighted by atomic mass is 9.94. The van der Waals surface area contributed by atoms with Crippen LogP contribution in [0, 0.1) is 5.92 Å². The first kappa shape index (κ1) is 10.4. The number of amides is 2. The average Bonchev–Trinajstić information content (AvgIpc) is 2.47. The lowest BCUT2D eigenvalue weighted by molar-refractivity contribution is -0.149. The summed E-state index contributed by atoms with van der Waals surface area (Å²) in [4.78, 5) is 24.7. The molecule has 2 saturated heterocycles. The largest absolute Gasteiger partial charge is 0.368 e. The van der Waals surface area contributed by atoms with Gasteiger partial charge in [0, 0.05) is 12.6 Å². The molecule has 5 heteroatoms. The maximum absolute atomic E-state index is 12.0. The monoisotopic (exact) mass is 211 g/mol. The van der Waals surface area contributed by atoms with E-state index in [1.54, 1.807) is 4.90 Å². The van der Waals surface area contributed by atoms with Gasteiger partial charge in [-0.2, -0.15) is 0 Å². The van der Waals surface area contributed by atoms with E-state index in [0.29, 0.717) is 6.54 Å². The van der Waals surface area contributed by atoms with Gasteiger partial charge < -0.3 is 16.0 Å². The Morgan fingerprint density at radius 3 is 2.53 bits per heavy atom. The molecule has 2 aliphatic heterocycles. The maximum atomic E-state index is 12.0. The molecule has 0 bridgehead atoms. The standard InChI is InChI=1S/C10H17N3O2/c1-6-7(2-4-12-6)10(15)13-5-3-8(13)9(11)14/h6-8,12H,2-5H2,1H3,(H2,11,14). The van der Waals surface area contributed by atoms with Crippen molar-refractivity contribution in [3.63, 3.8) is 0 Å². The van der Waals surface area contributed by atoms with Crippen LogP contribution < -0.4 is 11.1 Å². The molecule has 2 fully saturated rings. The van der Waals surface area contributed by atoms with Gasteiger partial charge in [-0.25, -0.2) is 0 Å². The van der Waals surface area contributed by atoms with Crippen molar-refractivity contribution in [1.29, 1.82) is 0 Å². The summed E-state index contributed by atoms with van der Waals surface area (Å²) < 4.78 is 0. The zero-order chi connectivity index (χ0) is 11.0. The van der Waals surface area contributed by atoms with Gasteiger partial charge in [0.05, 0.1) is 5.92 Å². The third kappa shape index (κ3) is 1.71. The van der Waals surface area contributed by atoms with E-state index in [4.69, 9.17) is 5.73 Å². The Bertz CT molecular complexity index is 292. The average molecular weight is 211 g/mol. The van der Waals surface area contributed by atoms with Gasteiger partial charge in [0.2, 0.25) is 11.8 Å². The van der Waals surface area contributed by atoms with Crippen molar-refractivity contribution in [3.8, 4) is 0 Å². The van der Waals surface area contributed by atoms with Crippen LogP contribution in [-0.4, -0.2) is 41.9 Å². The molecule has 0 aliphatic carbocycles. The minimum Gasteiger partial charge on any atom is -0.368 e. The second-order valence-corrected chi connectivity index (χ2v) is 4.38. The first-order chi connectivity index (χ1) is 7.11. The highest BCUT2D eigenvalue weighted by atomic mass is 16.2. The van der Waals surface area contributed by atoms with Crippen molar-refractivity contribution in [2.75, 3.05) is 13.1 Å². The molecule has 2 rings (SSSR count). The second kappa shape index (κ2) is 3.81. The molecule has 0 spiro atoms. The summed E-state index contributed by atoms with van der Waals surface area (Å²) in [6.45, 7) is 3.57. The Balaban J connectivity index is 1.99. The van der Waals surface area contributed by atoms with Gasteiger partial charge in [-0.1, -0.05) is 0 Å². The highest BCUT2D eigenvalue weighted by molar-refractivity contribution is 5.89. The van der Waals surface area contributed by atoms with E-state index in [-0.39, 0.29) is 29.8 Å². The lowest BCUT2D eigenvalue weighted by Crippen LogP contribution is -2.59. The molecule has 2 heterocycles. The molecule has 0 radical (unpaired) electrons. The highest BCUT2D eigenvalue weighted by Gasteiger charge is 2.41. The third-order valence-corrected chi connectivity index (χ3v) is 3.47. The fraction of sp³-hybridized carbons (Fsp3) is 0.800. The second-order valence-electron chi connectivity index (χ2n) is 4.38. The van der Waals surface area contributed by atoms with Crippen LogP contribution in [0.4, 0.5) is 0 Å². The van der Waals surface area contributed by atoms with Crippen LogP contribution in [-0.2, 0) is 9.59 Å². The van der Waals surface area contributed by atoms with Gasteiger partial charge in [-0.05, 0) is 26.3 Å². The Morgan fingerprint density at radius 1 is 1.40 bits per heavy atom. The van der Waals surface area contributed by atoms with Gasteiger partial charge in [0.15, 0.2) is 0 Å². The van der Waals surface area contributed by atoms with Gasteiger partial charge in [0.1, 0.15) is 6.04 Å². The van der Waals surface area contributed by atoms with Crippen LogP contribution in [0.5, 0.6) is 0 Å². The molecule has 3 unspecified atom stereocenters. The van der Waals surface area contributed by atoms with Gasteiger partial charge in [0.25, 0.3) is 0 Å². The number of nitrogens with two attached hydrogens (primary N) is 1. The number of nitrogens with one attached hydrogen (secondary N) is 1. The number of carbonyl (C=O) groups is 2. The normalized spacial score (nSPS) is 35.0. The van der Waals surface area contributed by atoms with E-state index in [1.807, 2.05) is 6.92 Å². The predicted molar refractivity (Wildman–Crippen MR) is 54.9 cm³/mol. The van der Waals surface area contributed by atoms with Crippen molar-refractivity contribution in [2.24, 2.45) is 11.7 Å². The minimum absolute atomic E-state index is 0.0205. The Hall–Kier alpha value is -1.10. The molecule has 0 aromatic carbocycles. The zero-order valence-electron chi connectivity index (χ0n) is 8.90. The molecule has 15 heavy (non-hydrogen) atoms. The van der Waals surface area contributed by atoms with E-state index in [9.17, 15) is 9.59 Å². The van der Waals surface area contributed by atoms with Crippen LogP contribution in [0.3, 0.4) is 0 Å². The van der Waals surface area contributed by atoms with Crippen molar-refractivity contribution >= 4 is 11.8 Å². The van der Waals surface area contributed by atoms with Crippen molar-refractivity contribution < 1.29 is 9.59 Å². The van der Waals surface area contributed by atoms with Gasteiger partial charge in [-0.3, -0.25) is 9.59 Å². The molecule has 84 valence electrons. The smallest absolute Gasteiger partial charge is 0.240 e. The van der Waals surface area contributed by atoms with Crippen LogP contribution in [0.1, 0.15) is 19.8 Å². The molecular formula is C10H17N3O2. The number of hydrogen-bond acceptors (Lipinski definition) is 3. The van der Waals surface area contributed by atoms with Crippen LogP contribution in [0.25, 0.3) is 0 Å². The molecule has 3 N–H and O–H groups in total. The number of nitrogens with zero attached hydrogens (tertiary/aromatic N) is 1. The Labute approximate surface area is 89.0 Å². The molecule has 2 aliphatic rings. The lowest BCUT2D eigenvalue weighted by Gasteiger charge is -2.40. The molecule has 5 nitrogen and oxygen atoms in total. The summed E-state index contributed by atoms with van der Waals surface area (Å²) in [5.74, 6) is -0.275. The number of rotatable bonds is 2. The molecule has 0 aromatic rings. The van der Waals surface area contributed by atoms with Crippen molar-refractivity contribution in [3.05, 3.63) is 0 Å². The molecule has 3 atom stereocenters. The maximum Gasteiger partial charge on any atom is 0.240 e. The molecule has 0 saturated carbocycles. The van der Waals surface area contributed by atoms with Crippen LogP contribution in [0.15, 0.2) is 0 Å². The fourth-order valence-corrected chi connectivity index (χ4v) is 2.36. The topological polar surface area (TPSA) is 75.4 Å². The fourth-order valence-electron chi connectivity index (χ4n) is 2.36. The highest BCUT2D eigenvalue weighted by Crippen LogP contribution is 2.25. The van der Waals surface area contributed by atoms with Gasteiger partial charge >= 0.3 is 0 Å². The number of primary amides is 1. The quantitative estimate of drug-likeness (QED) is 0.619. The summed E-state index contributed by atoms with van der Waals surface area (Å²) in [5, 5.41) is 3.23. The van der Waals surface area contributed by atoms with E-state index in [2.05, 4.69) is 5.32 Å². The zero-order valence-corrected chi connectivity index (χ0v) is 8.90. The van der Waals surface area contributed by atoms with Crippen LogP contribution in [0.2, 0.25) is 0 Å². The van der Waals surface area contributed by atoms with Crippen molar-refractivity contribution in [1.82, 2.24) is 10.2 Å². The minimum atomic E-state index is -0.381. The molecule has 2 amide bonds. The summed E-state index contributed by atoms with van der Waals surface area (Å²) in [6.07, 6.45) is 1.58. The number of carbonyl (C=O) groups excluding carboxylic acids is 2. The summed E-state index contributed by atoms with van der Waals surface area (Å²) >= 11 is 0. The Morgan fingerprint density at radius 2 is 2.13 bits per heavy atom. The first-order valence-electron chi connectivity index (χ1n) is 5.44. The number of hydrogen-bond donors (Lipinski definition) is 2. The van der Waals surface area contributed by atoms with Crippen LogP contribution >= 0.6 is 0 Å². The van der Waals surface area contributed by atoms with E-state index >= 15 is 0 Å². The van der Waals surface area contributed by atoms with E-state index < -0.39 is 0 Å². The predicted octanol–water partition coefficient (Wildman–Crippen LogP) is -0.929. The molecule has 0 aromatic heterocycles. The third-order valence-electron chi connectivity index (χ3n) is 3.47. The Kier molecular flexibility index (Phi) is 2.65. The number of likely N-dealkylation sites (tertiary alicyclic amines) is 1. The summed E-state index contributed by atoms with van der Waals surface area (Å²) in [7, 11) is 0. The van der Waals surface area contributed by atoms with Crippen molar-refractivity contribution in [2.45, 2.75) is 31.8 Å². The van der Waals surface area contributed by atoms with E-state index in [0.717, 1.165) is 19.4 Å². The summed E-state index contributed by atoms with van der Waals surface area (Å²) in [5.41, 5.74) is 5.21. The first-order valence-corrected chi connectivity index (χ1v) is 5.44. The van der Waals surface area contributed by atoms with Gasteiger partial charge in [-0.15, -0.1) is 0 Å². The summed E-state index contributed by atoms with van der Waals surface area (Å²) in [6, 6.07) is -0.142. The molecular weight excluding hydrogens is 194 g/mol. The van der Waals surface area contributed by atoms with E-state index in [1.165, 1.54) is 0 Å².